The molecule has 2 unspecified atom stereocenters. The van der Waals surface area contributed by atoms with Gasteiger partial charge in [-0.05, 0) is 38.1 Å². The Balaban J connectivity index is 1.98. The second-order valence-corrected chi connectivity index (χ2v) is 6.02. The lowest BCUT2D eigenvalue weighted by Gasteiger charge is -2.50. The third-order valence-corrected chi connectivity index (χ3v) is 4.83. The summed E-state index contributed by atoms with van der Waals surface area (Å²) < 4.78 is 16.4. The number of aliphatic hydroxyl groups is 1. The molecule has 1 aromatic carbocycles. The molecule has 1 N–H and O–H groups in total. The summed E-state index contributed by atoms with van der Waals surface area (Å²) in [6.45, 7) is 1.34. The van der Waals surface area contributed by atoms with Crippen molar-refractivity contribution in [2.75, 3.05) is 34.5 Å². The van der Waals surface area contributed by atoms with Crippen LogP contribution in [0.2, 0.25) is 0 Å². The van der Waals surface area contributed by atoms with E-state index in [2.05, 4.69) is 11.9 Å². The minimum atomic E-state index is -0.897. The molecule has 0 radical (unpaired) electrons. The first-order chi connectivity index (χ1) is 10.1. The molecule has 3 rings (SSSR count). The van der Waals surface area contributed by atoms with Crippen LogP contribution in [0, 0.1) is 0 Å². The summed E-state index contributed by atoms with van der Waals surface area (Å²) in [5.41, 5.74) is -0.0831. The van der Waals surface area contributed by atoms with Crippen LogP contribution in [0.3, 0.4) is 0 Å². The summed E-state index contributed by atoms with van der Waals surface area (Å²) in [5, 5.41) is 11.3. The van der Waals surface area contributed by atoms with E-state index in [1.807, 2.05) is 18.2 Å². The molecule has 2 aliphatic rings. The Hall–Kier alpha value is -1.30. The monoisotopic (exact) mass is 293 g/mol. The molecule has 2 aliphatic heterocycles. The fraction of sp³-hybridized carbons (Fsp3) is 0.625. The summed E-state index contributed by atoms with van der Waals surface area (Å²) in [4.78, 5) is 2.32. The molecule has 21 heavy (non-hydrogen) atoms. The molecule has 0 aromatic heterocycles. The van der Waals surface area contributed by atoms with E-state index in [-0.39, 0.29) is 12.1 Å². The molecule has 0 spiro atoms. The fourth-order valence-electron chi connectivity index (χ4n) is 3.54. The molecule has 2 fully saturated rings. The van der Waals surface area contributed by atoms with Crippen molar-refractivity contribution in [1.82, 2.24) is 4.90 Å². The van der Waals surface area contributed by atoms with Crippen molar-refractivity contribution in [3.05, 3.63) is 23.8 Å². The van der Waals surface area contributed by atoms with E-state index in [0.717, 1.165) is 11.3 Å². The van der Waals surface area contributed by atoms with Crippen LogP contribution in [-0.4, -0.2) is 56.6 Å². The highest BCUT2D eigenvalue weighted by Crippen LogP contribution is 2.44. The number of hydrogen-bond acceptors (Lipinski definition) is 5. The van der Waals surface area contributed by atoms with Crippen molar-refractivity contribution in [3.8, 4) is 11.5 Å². The Labute approximate surface area is 125 Å². The average Bonchev–Trinajstić information content (AvgIpc) is 2.48. The van der Waals surface area contributed by atoms with Gasteiger partial charge in [0.15, 0.2) is 0 Å². The Bertz CT molecular complexity index is 505. The zero-order valence-electron chi connectivity index (χ0n) is 12.8. The van der Waals surface area contributed by atoms with Crippen LogP contribution in [0.25, 0.3) is 0 Å². The lowest BCUT2D eigenvalue weighted by molar-refractivity contribution is -0.138. The zero-order valence-corrected chi connectivity index (χ0v) is 12.8. The van der Waals surface area contributed by atoms with Crippen molar-refractivity contribution in [3.63, 3.8) is 0 Å². The van der Waals surface area contributed by atoms with Gasteiger partial charge in [0.05, 0.1) is 33.0 Å². The minimum absolute atomic E-state index is 0.235. The van der Waals surface area contributed by atoms with E-state index in [4.69, 9.17) is 14.2 Å². The van der Waals surface area contributed by atoms with Crippen LogP contribution in [0.1, 0.15) is 18.4 Å². The van der Waals surface area contributed by atoms with E-state index < -0.39 is 5.60 Å². The first-order valence-electron chi connectivity index (χ1n) is 7.32. The van der Waals surface area contributed by atoms with Crippen LogP contribution in [0.4, 0.5) is 0 Å². The number of rotatable bonds is 3. The Morgan fingerprint density at radius 1 is 1.19 bits per heavy atom. The highest BCUT2D eigenvalue weighted by Gasteiger charge is 2.46. The number of hydrogen-bond donors (Lipinski definition) is 1. The zero-order chi connectivity index (χ0) is 15.0. The summed E-state index contributed by atoms with van der Waals surface area (Å²) in [5.74, 6) is 1.45. The topological polar surface area (TPSA) is 51.2 Å². The molecule has 0 aliphatic carbocycles. The number of likely N-dealkylation sites (N-methyl/N-ethyl adjacent to an activating group) is 1. The quantitative estimate of drug-likeness (QED) is 0.912. The number of fused-ring (bicyclic) bond motifs is 2. The lowest BCUT2D eigenvalue weighted by Crippen LogP contribution is -2.59. The summed E-state index contributed by atoms with van der Waals surface area (Å²) in [6.07, 6.45) is 1.28. The smallest absolute Gasteiger partial charge is 0.125 e. The number of benzene rings is 1. The molecule has 2 atom stereocenters. The molecule has 1 aromatic rings. The molecule has 0 amide bonds. The first kappa shape index (κ1) is 14.6. The molecule has 2 heterocycles. The van der Waals surface area contributed by atoms with Gasteiger partial charge in [0.1, 0.15) is 11.5 Å². The fourth-order valence-corrected chi connectivity index (χ4v) is 3.54. The molecule has 5 nitrogen and oxygen atoms in total. The third-order valence-electron chi connectivity index (χ3n) is 4.83. The van der Waals surface area contributed by atoms with Crippen molar-refractivity contribution in [2.45, 2.75) is 30.5 Å². The molecule has 2 bridgehead atoms. The Morgan fingerprint density at radius 2 is 1.86 bits per heavy atom. The number of methoxy groups -OCH3 is 2. The van der Waals surface area contributed by atoms with E-state index in [1.54, 1.807) is 14.2 Å². The predicted octanol–water partition coefficient (Wildman–Crippen LogP) is 1.38. The number of ether oxygens (including phenoxy) is 3. The predicted molar refractivity (Wildman–Crippen MR) is 78.8 cm³/mol. The van der Waals surface area contributed by atoms with Gasteiger partial charge in [-0.2, -0.15) is 0 Å². The number of morpholine rings is 1. The second-order valence-electron chi connectivity index (χ2n) is 6.02. The van der Waals surface area contributed by atoms with Crippen molar-refractivity contribution >= 4 is 0 Å². The van der Waals surface area contributed by atoms with Gasteiger partial charge in [-0.15, -0.1) is 0 Å². The normalized spacial score (nSPS) is 32.8. The van der Waals surface area contributed by atoms with Gasteiger partial charge in [-0.1, -0.05) is 0 Å². The summed E-state index contributed by atoms with van der Waals surface area (Å²) >= 11 is 0. The maximum Gasteiger partial charge on any atom is 0.125 e. The molecular weight excluding hydrogens is 270 g/mol. The SMILES string of the molecule is COc1ccc(OC)c(C2(O)CC3COCC(C2)N3C)c1. The largest absolute Gasteiger partial charge is 0.497 e. The summed E-state index contributed by atoms with van der Waals surface area (Å²) in [6, 6.07) is 6.07. The van der Waals surface area contributed by atoms with Gasteiger partial charge >= 0.3 is 0 Å². The van der Waals surface area contributed by atoms with Crippen LogP contribution in [0.5, 0.6) is 11.5 Å². The molecule has 0 saturated carbocycles. The van der Waals surface area contributed by atoms with E-state index in [0.29, 0.717) is 31.8 Å². The van der Waals surface area contributed by atoms with E-state index in [1.165, 1.54) is 0 Å². The van der Waals surface area contributed by atoms with Gasteiger partial charge < -0.3 is 19.3 Å². The Kier molecular flexibility index (Phi) is 3.82. The van der Waals surface area contributed by atoms with Crippen LogP contribution in [-0.2, 0) is 10.3 Å². The minimum Gasteiger partial charge on any atom is -0.497 e. The molecule has 5 heteroatoms. The van der Waals surface area contributed by atoms with Crippen molar-refractivity contribution in [1.29, 1.82) is 0 Å². The van der Waals surface area contributed by atoms with Crippen LogP contribution < -0.4 is 9.47 Å². The van der Waals surface area contributed by atoms with Gasteiger partial charge in [-0.25, -0.2) is 0 Å². The van der Waals surface area contributed by atoms with Crippen LogP contribution >= 0.6 is 0 Å². The lowest BCUT2D eigenvalue weighted by atomic mass is 9.76. The number of nitrogens with zero attached hydrogens (tertiary/aromatic N) is 1. The van der Waals surface area contributed by atoms with Gasteiger partial charge in [0.25, 0.3) is 0 Å². The van der Waals surface area contributed by atoms with Crippen LogP contribution in [0.15, 0.2) is 18.2 Å². The Morgan fingerprint density at radius 3 is 2.43 bits per heavy atom. The van der Waals surface area contributed by atoms with E-state index in [9.17, 15) is 5.11 Å². The average molecular weight is 293 g/mol. The standard InChI is InChI=1S/C16H23NO4/c1-17-11-7-16(18,8-12(17)10-21-9-11)14-6-13(19-2)4-5-15(14)20-3/h4-6,11-12,18H,7-10H2,1-3H3. The molecule has 116 valence electrons. The van der Waals surface area contributed by atoms with Crippen molar-refractivity contribution in [2.24, 2.45) is 0 Å². The van der Waals surface area contributed by atoms with Crippen molar-refractivity contribution < 1.29 is 19.3 Å². The highest BCUT2D eigenvalue weighted by molar-refractivity contribution is 5.44. The van der Waals surface area contributed by atoms with E-state index >= 15 is 0 Å². The molecular formula is C16H23NO4. The van der Waals surface area contributed by atoms with Gasteiger partial charge in [0.2, 0.25) is 0 Å². The van der Waals surface area contributed by atoms with Gasteiger partial charge in [0, 0.05) is 17.6 Å². The number of piperidine rings is 1. The van der Waals surface area contributed by atoms with Gasteiger partial charge in [-0.3, -0.25) is 4.90 Å². The summed E-state index contributed by atoms with van der Waals surface area (Å²) in [7, 11) is 5.38. The second kappa shape index (κ2) is 5.48. The molecule has 2 saturated heterocycles. The highest BCUT2D eigenvalue weighted by atomic mass is 16.5. The maximum absolute atomic E-state index is 11.3. The first-order valence-corrected chi connectivity index (χ1v) is 7.32. The maximum atomic E-state index is 11.3. The third kappa shape index (κ3) is 2.50.